The zero-order valence-electron chi connectivity index (χ0n) is 10.8. The highest BCUT2D eigenvalue weighted by atomic mass is 13.9. The van der Waals surface area contributed by atoms with E-state index in [0.29, 0.717) is 0 Å². The normalized spacial score (nSPS) is 8.00. The molecule has 2 aromatic carbocycles. The summed E-state index contributed by atoms with van der Waals surface area (Å²) < 4.78 is 0. The van der Waals surface area contributed by atoms with Crippen molar-refractivity contribution in [3.63, 3.8) is 0 Å². The minimum absolute atomic E-state index is 1.33. The summed E-state index contributed by atoms with van der Waals surface area (Å²) in [6, 6.07) is 20.5. The molecule has 0 aromatic heterocycles. The highest BCUT2D eigenvalue weighted by Crippen LogP contribution is 1.99. The predicted molar refractivity (Wildman–Crippen MR) is 73.7 cm³/mol. The van der Waals surface area contributed by atoms with Gasteiger partial charge >= 0.3 is 0 Å². The van der Waals surface area contributed by atoms with Gasteiger partial charge in [0.2, 0.25) is 0 Å². The van der Waals surface area contributed by atoms with Gasteiger partial charge in [0.25, 0.3) is 0 Å². The molecule has 2 aromatic rings. The summed E-state index contributed by atoms with van der Waals surface area (Å²) in [4.78, 5) is 0. The van der Waals surface area contributed by atoms with Crippen LogP contribution in [0, 0.1) is 13.8 Å². The van der Waals surface area contributed by atoms with Gasteiger partial charge in [0.15, 0.2) is 0 Å². The third kappa shape index (κ3) is 7.81. The highest BCUT2D eigenvalue weighted by Gasteiger charge is 1.79. The van der Waals surface area contributed by atoms with Crippen molar-refractivity contribution in [3.8, 4) is 0 Å². The third-order valence-corrected chi connectivity index (χ3v) is 1.88. The number of hydrogen-bond donors (Lipinski definition) is 0. The Labute approximate surface area is 100.0 Å². The average molecular weight is 214 g/mol. The molecule has 0 radical (unpaired) electrons. The Morgan fingerprint density at radius 2 is 0.688 bits per heavy atom. The molecular weight excluding hydrogens is 192 g/mol. The SMILES string of the molecule is CC.Cc1ccc(C)cc1.c1ccccc1. The van der Waals surface area contributed by atoms with Crippen LogP contribution in [0.5, 0.6) is 0 Å². The number of rotatable bonds is 0. The van der Waals surface area contributed by atoms with Crippen LogP contribution in [0.1, 0.15) is 25.0 Å². The highest BCUT2D eigenvalue weighted by molar-refractivity contribution is 5.19. The monoisotopic (exact) mass is 214 g/mol. The zero-order valence-corrected chi connectivity index (χ0v) is 10.8. The van der Waals surface area contributed by atoms with E-state index in [4.69, 9.17) is 0 Å². The lowest BCUT2D eigenvalue weighted by Crippen LogP contribution is -1.70. The first-order valence-electron chi connectivity index (χ1n) is 5.82. The molecule has 0 N–H and O–H groups in total. The standard InChI is InChI=1S/C8H10.C6H6.C2H6/c1-7-3-5-8(2)6-4-7;1-2-4-6-5-3-1;1-2/h3-6H,1-2H3;1-6H;1-2H3. The second-order valence-corrected chi connectivity index (χ2v) is 3.31. The summed E-state index contributed by atoms with van der Waals surface area (Å²) in [7, 11) is 0. The molecule has 0 saturated carbocycles. The molecule has 0 aliphatic rings. The molecule has 0 spiro atoms. The predicted octanol–water partition coefficient (Wildman–Crippen LogP) is 5.02. The molecule has 0 fully saturated rings. The van der Waals surface area contributed by atoms with Crippen LogP contribution in [0.25, 0.3) is 0 Å². The number of hydrogen-bond acceptors (Lipinski definition) is 0. The van der Waals surface area contributed by atoms with Crippen LogP contribution in [-0.2, 0) is 0 Å². The molecule has 16 heavy (non-hydrogen) atoms. The lowest BCUT2D eigenvalue weighted by molar-refractivity contribution is 1.40. The Balaban J connectivity index is 0.000000251. The molecule has 0 unspecified atom stereocenters. The summed E-state index contributed by atoms with van der Waals surface area (Å²) in [6.45, 7) is 8.19. The van der Waals surface area contributed by atoms with Crippen molar-refractivity contribution in [2.45, 2.75) is 27.7 Å². The van der Waals surface area contributed by atoms with Gasteiger partial charge in [0.1, 0.15) is 0 Å². The molecule has 86 valence electrons. The van der Waals surface area contributed by atoms with Crippen LogP contribution in [0.2, 0.25) is 0 Å². The van der Waals surface area contributed by atoms with Crippen LogP contribution >= 0.6 is 0 Å². The van der Waals surface area contributed by atoms with Crippen LogP contribution in [0.3, 0.4) is 0 Å². The zero-order chi connectivity index (χ0) is 12.2. The first-order chi connectivity index (χ1) is 7.79. The maximum absolute atomic E-state index is 2.12. The molecule has 0 heteroatoms. The second-order valence-electron chi connectivity index (χ2n) is 3.31. The Morgan fingerprint density at radius 3 is 0.875 bits per heavy atom. The third-order valence-electron chi connectivity index (χ3n) is 1.88. The van der Waals surface area contributed by atoms with Gasteiger partial charge in [0, 0.05) is 0 Å². The number of aryl methyl sites for hydroxylation is 2. The number of benzene rings is 2. The van der Waals surface area contributed by atoms with E-state index in [1.54, 1.807) is 0 Å². The molecule has 0 amide bonds. The fourth-order valence-electron chi connectivity index (χ4n) is 1.02. The van der Waals surface area contributed by atoms with E-state index in [-0.39, 0.29) is 0 Å². The van der Waals surface area contributed by atoms with E-state index in [9.17, 15) is 0 Å². The molecule has 0 nitrogen and oxygen atoms in total. The van der Waals surface area contributed by atoms with Crippen molar-refractivity contribution in [1.29, 1.82) is 0 Å². The summed E-state index contributed by atoms with van der Waals surface area (Å²) in [5.74, 6) is 0. The van der Waals surface area contributed by atoms with Crippen LogP contribution in [0.15, 0.2) is 60.7 Å². The minimum Gasteiger partial charge on any atom is -0.0683 e. The maximum atomic E-state index is 2.12. The molecular formula is C16H22. The molecule has 0 atom stereocenters. The minimum atomic E-state index is 1.33. The van der Waals surface area contributed by atoms with Crippen molar-refractivity contribution in [2.24, 2.45) is 0 Å². The Kier molecular flexibility index (Phi) is 9.00. The van der Waals surface area contributed by atoms with E-state index >= 15 is 0 Å². The van der Waals surface area contributed by atoms with Gasteiger partial charge in [0.05, 0.1) is 0 Å². The van der Waals surface area contributed by atoms with Gasteiger partial charge in [-0.2, -0.15) is 0 Å². The Bertz CT molecular complexity index is 284. The summed E-state index contributed by atoms with van der Waals surface area (Å²) in [6.07, 6.45) is 0. The van der Waals surface area contributed by atoms with Gasteiger partial charge < -0.3 is 0 Å². The van der Waals surface area contributed by atoms with Crippen molar-refractivity contribution in [2.75, 3.05) is 0 Å². The van der Waals surface area contributed by atoms with Gasteiger partial charge in [-0.1, -0.05) is 85.6 Å². The van der Waals surface area contributed by atoms with Crippen LogP contribution in [0.4, 0.5) is 0 Å². The van der Waals surface area contributed by atoms with E-state index < -0.39 is 0 Å². The second kappa shape index (κ2) is 9.97. The molecule has 0 aliphatic carbocycles. The van der Waals surface area contributed by atoms with Crippen molar-refractivity contribution < 1.29 is 0 Å². The fourth-order valence-corrected chi connectivity index (χ4v) is 1.02. The molecule has 0 saturated heterocycles. The van der Waals surface area contributed by atoms with Crippen LogP contribution < -0.4 is 0 Å². The fraction of sp³-hybridized carbons (Fsp3) is 0.250. The van der Waals surface area contributed by atoms with Crippen molar-refractivity contribution in [3.05, 3.63) is 71.8 Å². The quantitative estimate of drug-likeness (QED) is 0.578. The average Bonchev–Trinajstić information content (AvgIpc) is 2.38. The van der Waals surface area contributed by atoms with Crippen molar-refractivity contribution >= 4 is 0 Å². The molecule has 2 rings (SSSR count). The van der Waals surface area contributed by atoms with Gasteiger partial charge in [-0.3, -0.25) is 0 Å². The van der Waals surface area contributed by atoms with Crippen LogP contribution in [-0.4, -0.2) is 0 Å². The maximum Gasteiger partial charge on any atom is -0.0398 e. The van der Waals surface area contributed by atoms with E-state index in [1.807, 2.05) is 50.2 Å². The lowest BCUT2D eigenvalue weighted by Gasteiger charge is -1.90. The largest absolute Gasteiger partial charge is 0.0683 e. The van der Waals surface area contributed by atoms with E-state index in [0.717, 1.165) is 0 Å². The van der Waals surface area contributed by atoms with Gasteiger partial charge in [-0.05, 0) is 13.8 Å². The van der Waals surface area contributed by atoms with Gasteiger partial charge in [-0.25, -0.2) is 0 Å². The lowest BCUT2D eigenvalue weighted by atomic mass is 10.2. The van der Waals surface area contributed by atoms with E-state index in [2.05, 4.69) is 38.1 Å². The van der Waals surface area contributed by atoms with E-state index in [1.165, 1.54) is 11.1 Å². The first kappa shape index (κ1) is 14.4. The Morgan fingerprint density at radius 1 is 0.500 bits per heavy atom. The summed E-state index contributed by atoms with van der Waals surface area (Å²) >= 11 is 0. The summed E-state index contributed by atoms with van der Waals surface area (Å²) in [5, 5.41) is 0. The molecule has 0 heterocycles. The Hall–Kier alpha value is -1.56. The molecule has 0 bridgehead atoms. The van der Waals surface area contributed by atoms with Gasteiger partial charge in [-0.15, -0.1) is 0 Å². The topological polar surface area (TPSA) is 0 Å². The molecule has 0 aliphatic heterocycles. The first-order valence-corrected chi connectivity index (χ1v) is 5.82. The summed E-state index contributed by atoms with van der Waals surface area (Å²) in [5.41, 5.74) is 2.66. The van der Waals surface area contributed by atoms with Crippen molar-refractivity contribution in [1.82, 2.24) is 0 Å². The smallest absolute Gasteiger partial charge is 0.0398 e.